The Balaban J connectivity index is 3.52. The number of hydrogen-bond acceptors (Lipinski definition) is 10. The quantitative estimate of drug-likeness (QED) is 0.0279. The summed E-state index contributed by atoms with van der Waals surface area (Å²) in [7, 11) is 0. The third kappa shape index (κ3) is 29.4. The molecule has 0 aliphatic heterocycles. The van der Waals surface area contributed by atoms with Crippen molar-refractivity contribution >= 4 is 45.2 Å². The van der Waals surface area contributed by atoms with Crippen molar-refractivity contribution in [3.05, 3.63) is 10.4 Å². The van der Waals surface area contributed by atoms with Crippen LogP contribution in [-0.2, 0) is 28.5 Å². The van der Waals surface area contributed by atoms with E-state index in [4.69, 9.17) is 41.4 Å². The molecule has 0 aromatic carbocycles. The molecular weight excluding hydrogens is 597 g/mol. The van der Waals surface area contributed by atoms with Gasteiger partial charge in [0.2, 0.25) is 5.91 Å². The van der Waals surface area contributed by atoms with Crippen molar-refractivity contribution in [1.29, 1.82) is 0 Å². The second kappa shape index (κ2) is 31.8. The zero-order valence-corrected chi connectivity index (χ0v) is 28.7. The van der Waals surface area contributed by atoms with Crippen LogP contribution in [0.3, 0.4) is 0 Å². The van der Waals surface area contributed by atoms with Gasteiger partial charge in [-0.25, -0.2) is 0 Å². The predicted molar refractivity (Wildman–Crippen MR) is 180 cm³/mol. The number of carbonyl (C=O) groups excluding carboxylic acids is 1. The molecule has 246 valence electrons. The lowest BCUT2D eigenvalue weighted by Gasteiger charge is -2.23. The summed E-state index contributed by atoms with van der Waals surface area (Å²) in [4.78, 5) is 15.3. The molecule has 0 saturated carbocycles. The van der Waals surface area contributed by atoms with Crippen LogP contribution in [0.15, 0.2) is 5.11 Å². The summed E-state index contributed by atoms with van der Waals surface area (Å²) >= 11 is 8.69. The van der Waals surface area contributed by atoms with E-state index in [1.54, 1.807) is 11.8 Å². The zero-order chi connectivity index (χ0) is 31.0. The van der Waals surface area contributed by atoms with Crippen LogP contribution in [0.25, 0.3) is 10.4 Å². The highest BCUT2D eigenvalue weighted by molar-refractivity contribution is 8.47. The van der Waals surface area contributed by atoms with E-state index in [9.17, 15) is 4.79 Å². The maximum Gasteiger partial charge on any atom is 0.236 e. The lowest BCUT2D eigenvalue weighted by Crippen LogP contribution is -2.41. The molecule has 0 bridgehead atoms. The van der Waals surface area contributed by atoms with E-state index in [1.807, 2.05) is 13.8 Å². The highest BCUT2D eigenvalue weighted by atomic mass is 32.2. The number of thioether (sulfide) groups is 2. The highest BCUT2D eigenvalue weighted by Crippen LogP contribution is 2.31. The molecule has 0 fully saturated rings. The van der Waals surface area contributed by atoms with E-state index in [-0.39, 0.29) is 5.91 Å². The summed E-state index contributed by atoms with van der Waals surface area (Å²) in [6.07, 6.45) is 13.3. The second-order valence-electron chi connectivity index (χ2n) is 10.2. The summed E-state index contributed by atoms with van der Waals surface area (Å²) in [6.45, 7) is 11.4. The maximum atomic E-state index is 12.6. The van der Waals surface area contributed by atoms with Crippen LogP contribution in [0.4, 0.5) is 0 Å². The van der Waals surface area contributed by atoms with Crippen LogP contribution in [0, 0.1) is 0 Å². The van der Waals surface area contributed by atoms with Crippen molar-refractivity contribution in [2.24, 2.45) is 5.11 Å². The monoisotopic (exact) mass is 652 g/mol. The molecule has 1 N–H and O–H groups in total. The standard InChI is InChI=1S/C29H56N4O6S3/c1-4-5-6-7-8-9-10-11-12-13-26-41-28(40)42-29(2,3)27(34)31-14-16-35-18-20-37-22-24-39-25-23-38-21-19-36-17-15-32-33-30/h4-26H2,1-3H3,(H,31,34). The summed E-state index contributed by atoms with van der Waals surface area (Å²) in [6, 6.07) is 0. The Labute approximate surface area is 268 Å². The molecule has 10 nitrogen and oxygen atoms in total. The molecule has 0 heterocycles. The van der Waals surface area contributed by atoms with Crippen LogP contribution >= 0.6 is 35.7 Å². The lowest BCUT2D eigenvalue weighted by molar-refractivity contribution is -0.122. The highest BCUT2D eigenvalue weighted by Gasteiger charge is 2.29. The third-order valence-corrected chi connectivity index (χ3v) is 8.82. The molecule has 42 heavy (non-hydrogen) atoms. The van der Waals surface area contributed by atoms with Gasteiger partial charge in [0.05, 0.1) is 70.8 Å². The van der Waals surface area contributed by atoms with Gasteiger partial charge in [0, 0.05) is 18.0 Å². The molecule has 13 heteroatoms. The number of rotatable bonds is 31. The number of unbranched alkanes of at least 4 members (excludes halogenated alkanes) is 9. The Morgan fingerprint density at radius 1 is 0.762 bits per heavy atom. The van der Waals surface area contributed by atoms with Crippen LogP contribution < -0.4 is 5.32 Å². The molecule has 0 aliphatic carbocycles. The van der Waals surface area contributed by atoms with E-state index in [2.05, 4.69) is 22.3 Å². The smallest absolute Gasteiger partial charge is 0.236 e. The van der Waals surface area contributed by atoms with E-state index in [0.29, 0.717) is 79.2 Å². The van der Waals surface area contributed by atoms with Gasteiger partial charge in [-0.1, -0.05) is 93.8 Å². The fourth-order valence-electron chi connectivity index (χ4n) is 3.61. The first-order valence-electron chi connectivity index (χ1n) is 15.5. The number of thiocarbonyl (C=S) groups is 1. The van der Waals surface area contributed by atoms with Gasteiger partial charge in [-0.05, 0) is 31.6 Å². The molecule has 0 unspecified atom stereocenters. The van der Waals surface area contributed by atoms with Gasteiger partial charge in [-0.3, -0.25) is 4.79 Å². The Kier molecular flexibility index (Phi) is 31.3. The van der Waals surface area contributed by atoms with Crippen molar-refractivity contribution in [3.8, 4) is 0 Å². The Morgan fingerprint density at radius 2 is 1.21 bits per heavy atom. The van der Waals surface area contributed by atoms with E-state index in [1.165, 1.54) is 76.0 Å². The van der Waals surface area contributed by atoms with Gasteiger partial charge in [0.15, 0.2) is 0 Å². The number of nitrogens with one attached hydrogen (secondary N) is 1. The average Bonchev–Trinajstić information content (AvgIpc) is 2.96. The van der Waals surface area contributed by atoms with Gasteiger partial charge in [0.25, 0.3) is 0 Å². The summed E-state index contributed by atoms with van der Waals surface area (Å²) in [5.41, 5.74) is 8.15. The molecule has 0 rings (SSSR count). The fraction of sp³-hybridized carbons (Fsp3) is 0.931. The molecule has 0 aromatic heterocycles. The molecule has 0 spiro atoms. The van der Waals surface area contributed by atoms with Gasteiger partial charge in [0.1, 0.15) is 3.53 Å². The Morgan fingerprint density at radius 3 is 1.71 bits per heavy atom. The third-order valence-electron chi connectivity index (χ3n) is 6.02. The zero-order valence-electron chi connectivity index (χ0n) is 26.3. The minimum absolute atomic E-state index is 0.0341. The van der Waals surface area contributed by atoms with Gasteiger partial charge in [-0.2, -0.15) is 0 Å². The normalized spacial score (nSPS) is 11.4. The molecule has 0 atom stereocenters. The SMILES string of the molecule is CCCCCCCCCCCCSC(=S)SC(C)(C)C(=O)NCCOCCOCCOCCOCCOCCN=[N+]=[N-]. The largest absolute Gasteiger partial charge is 0.379 e. The number of ether oxygens (including phenoxy) is 5. The predicted octanol–water partition coefficient (Wildman–Crippen LogP) is 6.95. The Bertz CT molecular complexity index is 700. The van der Waals surface area contributed by atoms with Crippen LogP contribution in [0.2, 0.25) is 0 Å². The topological polar surface area (TPSA) is 124 Å². The van der Waals surface area contributed by atoms with Gasteiger partial charge in [-0.15, -0.1) is 11.8 Å². The van der Waals surface area contributed by atoms with Gasteiger partial charge >= 0.3 is 0 Å². The lowest BCUT2D eigenvalue weighted by atomic mass is 10.1. The number of nitrogens with zero attached hydrogens (tertiary/aromatic N) is 3. The van der Waals surface area contributed by atoms with Gasteiger partial charge < -0.3 is 29.0 Å². The summed E-state index contributed by atoms with van der Waals surface area (Å²) < 4.78 is 27.3. The minimum Gasteiger partial charge on any atom is -0.379 e. The fourth-order valence-corrected chi connectivity index (χ4v) is 6.69. The second-order valence-corrected chi connectivity index (χ2v) is 14.1. The summed E-state index contributed by atoms with van der Waals surface area (Å²) in [5, 5.41) is 6.32. The summed E-state index contributed by atoms with van der Waals surface area (Å²) in [5.74, 6) is 0.989. The van der Waals surface area contributed by atoms with Crippen molar-refractivity contribution in [3.63, 3.8) is 0 Å². The number of amides is 1. The van der Waals surface area contributed by atoms with Crippen molar-refractivity contribution in [2.75, 3.05) is 84.9 Å². The van der Waals surface area contributed by atoms with Crippen LogP contribution in [0.5, 0.6) is 0 Å². The minimum atomic E-state index is -0.613. The van der Waals surface area contributed by atoms with E-state index in [0.717, 1.165) is 9.28 Å². The first kappa shape index (κ1) is 41.4. The first-order chi connectivity index (χ1) is 20.4. The number of azide groups is 1. The molecule has 0 aliphatic rings. The molecule has 1 amide bonds. The maximum absolute atomic E-state index is 12.6. The number of carbonyl (C=O) groups is 1. The molecule has 0 radical (unpaired) electrons. The van der Waals surface area contributed by atoms with Crippen LogP contribution in [-0.4, -0.2) is 99.1 Å². The molecular formula is C29H56N4O6S3. The van der Waals surface area contributed by atoms with Crippen molar-refractivity contribution < 1.29 is 28.5 Å². The average molecular weight is 653 g/mol. The number of hydrogen-bond donors (Lipinski definition) is 1. The molecule has 0 aromatic rings. The Hall–Kier alpha value is -0.630. The van der Waals surface area contributed by atoms with Crippen molar-refractivity contribution in [2.45, 2.75) is 89.7 Å². The molecule has 0 saturated heterocycles. The van der Waals surface area contributed by atoms with Crippen LogP contribution in [0.1, 0.15) is 85.0 Å². The first-order valence-corrected chi connectivity index (χ1v) is 17.7. The van der Waals surface area contributed by atoms with E-state index >= 15 is 0 Å². The van der Waals surface area contributed by atoms with E-state index < -0.39 is 4.75 Å². The van der Waals surface area contributed by atoms with Crippen molar-refractivity contribution in [1.82, 2.24) is 5.32 Å².